The first-order valence-corrected chi connectivity index (χ1v) is 13.5. The highest BCUT2D eigenvalue weighted by atomic mass is 16.5. The number of hydrogen-bond acceptors (Lipinski definition) is 6. The highest BCUT2D eigenvalue weighted by molar-refractivity contribution is 5.97. The number of carbonyl (C=O) groups is 4. The molecule has 1 aromatic carbocycles. The minimum Gasteiger partial charge on any atom is -0.461 e. The second kappa shape index (κ2) is 16.9. The van der Waals surface area contributed by atoms with Crippen LogP contribution in [0.3, 0.4) is 0 Å². The summed E-state index contributed by atoms with van der Waals surface area (Å²) in [5.41, 5.74) is 7.05. The molecule has 0 saturated heterocycles. The van der Waals surface area contributed by atoms with Crippen molar-refractivity contribution in [1.82, 2.24) is 5.32 Å². The van der Waals surface area contributed by atoms with Gasteiger partial charge in [0.2, 0.25) is 11.8 Å². The van der Waals surface area contributed by atoms with E-state index in [9.17, 15) is 19.2 Å². The third-order valence-corrected chi connectivity index (χ3v) is 6.18. The van der Waals surface area contributed by atoms with E-state index in [1.165, 1.54) is 0 Å². The van der Waals surface area contributed by atoms with Crippen LogP contribution in [0, 0.1) is 23.7 Å². The summed E-state index contributed by atoms with van der Waals surface area (Å²) in [6.45, 7) is 12.1. The molecule has 0 aromatic heterocycles. The fraction of sp³-hybridized carbons (Fsp3) is 0.655. The first-order chi connectivity index (χ1) is 17.4. The second-order valence-electron chi connectivity index (χ2n) is 10.8. The van der Waals surface area contributed by atoms with Gasteiger partial charge in [-0.25, -0.2) is 0 Å². The molecule has 0 aliphatic rings. The van der Waals surface area contributed by atoms with Crippen LogP contribution >= 0.6 is 0 Å². The number of rotatable bonds is 17. The molecule has 1 rings (SSSR count). The van der Waals surface area contributed by atoms with Crippen LogP contribution in [0.15, 0.2) is 24.3 Å². The monoisotopic (exact) mass is 517 g/mol. The molecule has 0 heterocycles. The molecular weight excluding hydrogens is 470 g/mol. The number of ketones is 1. The predicted octanol–water partition coefficient (Wildman–Crippen LogP) is 4.61. The molecule has 0 spiro atoms. The fourth-order valence-electron chi connectivity index (χ4n) is 3.76. The molecule has 0 fully saturated rings. The summed E-state index contributed by atoms with van der Waals surface area (Å²) >= 11 is 0. The molecule has 0 radical (unpaired) electrons. The van der Waals surface area contributed by atoms with Gasteiger partial charge in [0.1, 0.15) is 6.61 Å². The Balaban J connectivity index is 2.84. The van der Waals surface area contributed by atoms with Gasteiger partial charge in [-0.1, -0.05) is 60.1 Å². The lowest BCUT2D eigenvalue weighted by atomic mass is 9.89. The van der Waals surface area contributed by atoms with Crippen molar-refractivity contribution in [2.24, 2.45) is 29.4 Å². The Morgan fingerprint density at radius 1 is 0.919 bits per heavy atom. The number of esters is 1. The summed E-state index contributed by atoms with van der Waals surface area (Å²) in [4.78, 5) is 50.4. The molecule has 0 aliphatic carbocycles. The van der Waals surface area contributed by atoms with E-state index in [1.54, 1.807) is 38.1 Å². The normalized spacial score (nSPS) is 12.9. The SMILES string of the molecule is CC(C)CCC(=O)N[C@H](C(=O)C[C@@H](CCCCN)C(=O)Nc1ccc(COC(=O)C(C)C)cc1)C(C)C. The van der Waals surface area contributed by atoms with E-state index in [1.807, 2.05) is 13.8 Å². The number of amides is 2. The van der Waals surface area contributed by atoms with Gasteiger partial charge in [0, 0.05) is 24.4 Å². The van der Waals surface area contributed by atoms with Crippen LogP contribution in [0.25, 0.3) is 0 Å². The number of unbranched alkanes of at least 4 members (excludes halogenated alkanes) is 1. The van der Waals surface area contributed by atoms with Crippen LogP contribution in [0.2, 0.25) is 0 Å². The zero-order valence-corrected chi connectivity index (χ0v) is 23.5. The largest absolute Gasteiger partial charge is 0.461 e. The first kappa shape index (κ1) is 32.3. The maximum absolute atomic E-state index is 13.2. The predicted molar refractivity (Wildman–Crippen MR) is 147 cm³/mol. The third kappa shape index (κ3) is 12.9. The number of Topliss-reactive ketones (excluding diaryl/α,β-unsaturated/α-hetero) is 1. The molecule has 208 valence electrons. The van der Waals surface area contributed by atoms with Gasteiger partial charge in [-0.05, 0) is 55.3 Å². The number of hydrogen-bond donors (Lipinski definition) is 3. The lowest BCUT2D eigenvalue weighted by molar-refractivity contribution is -0.148. The van der Waals surface area contributed by atoms with Crippen LogP contribution in [0.5, 0.6) is 0 Å². The summed E-state index contributed by atoms with van der Waals surface area (Å²) in [7, 11) is 0. The minimum atomic E-state index is -0.627. The average molecular weight is 518 g/mol. The van der Waals surface area contributed by atoms with E-state index in [0.29, 0.717) is 31.0 Å². The Bertz CT molecular complexity index is 865. The summed E-state index contributed by atoms with van der Waals surface area (Å²) in [6.07, 6.45) is 3.21. The van der Waals surface area contributed by atoms with E-state index in [2.05, 4.69) is 24.5 Å². The van der Waals surface area contributed by atoms with E-state index >= 15 is 0 Å². The van der Waals surface area contributed by atoms with Crippen molar-refractivity contribution in [2.45, 2.75) is 92.7 Å². The van der Waals surface area contributed by atoms with Gasteiger partial charge in [0.05, 0.1) is 12.0 Å². The van der Waals surface area contributed by atoms with Crippen molar-refractivity contribution in [3.05, 3.63) is 29.8 Å². The van der Waals surface area contributed by atoms with Gasteiger partial charge < -0.3 is 21.1 Å². The number of anilines is 1. The van der Waals surface area contributed by atoms with Gasteiger partial charge in [0.25, 0.3) is 0 Å². The molecule has 8 nitrogen and oxygen atoms in total. The van der Waals surface area contributed by atoms with Crippen molar-refractivity contribution in [3.8, 4) is 0 Å². The van der Waals surface area contributed by atoms with E-state index in [4.69, 9.17) is 10.5 Å². The number of nitrogens with two attached hydrogens (primary N) is 1. The lowest BCUT2D eigenvalue weighted by Crippen LogP contribution is -2.45. The summed E-state index contributed by atoms with van der Waals surface area (Å²) < 4.78 is 5.24. The van der Waals surface area contributed by atoms with Gasteiger partial charge in [0.15, 0.2) is 5.78 Å². The standard InChI is InChI=1S/C29H47N3O5/c1-19(2)10-15-26(34)32-27(20(3)4)25(33)17-23(9-7-8-16-30)28(35)31-24-13-11-22(12-14-24)18-37-29(36)21(5)6/h11-14,19-21,23,27H,7-10,15-18,30H2,1-6H3,(H,31,35)(H,32,34)/t23-,27+/m1/s1. The zero-order valence-electron chi connectivity index (χ0n) is 23.5. The van der Waals surface area contributed by atoms with Gasteiger partial charge in [-0.2, -0.15) is 0 Å². The Morgan fingerprint density at radius 2 is 1.57 bits per heavy atom. The van der Waals surface area contributed by atoms with Crippen LogP contribution in [-0.4, -0.2) is 36.2 Å². The number of nitrogens with one attached hydrogen (secondary N) is 2. The van der Waals surface area contributed by atoms with Crippen molar-refractivity contribution in [2.75, 3.05) is 11.9 Å². The quantitative estimate of drug-likeness (QED) is 0.205. The highest BCUT2D eigenvalue weighted by Gasteiger charge is 2.29. The summed E-state index contributed by atoms with van der Waals surface area (Å²) in [5, 5.41) is 5.80. The van der Waals surface area contributed by atoms with Gasteiger partial charge >= 0.3 is 5.97 Å². The first-order valence-electron chi connectivity index (χ1n) is 13.5. The molecule has 0 unspecified atom stereocenters. The van der Waals surface area contributed by atoms with E-state index < -0.39 is 12.0 Å². The summed E-state index contributed by atoms with van der Waals surface area (Å²) in [5.74, 6) is -1.18. The molecular formula is C29H47N3O5. The van der Waals surface area contributed by atoms with Crippen molar-refractivity contribution in [1.29, 1.82) is 0 Å². The molecule has 2 amide bonds. The highest BCUT2D eigenvalue weighted by Crippen LogP contribution is 2.20. The Kier molecular flexibility index (Phi) is 14.7. The minimum absolute atomic E-state index is 0.0486. The van der Waals surface area contributed by atoms with Crippen molar-refractivity contribution in [3.63, 3.8) is 0 Å². The molecule has 1 aromatic rings. The number of carbonyl (C=O) groups excluding carboxylic acids is 4. The molecule has 0 bridgehead atoms. The van der Waals surface area contributed by atoms with Crippen LogP contribution in [-0.2, 0) is 30.5 Å². The number of benzene rings is 1. The van der Waals surface area contributed by atoms with Crippen LogP contribution in [0.4, 0.5) is 5.69 Å². The zero-order chi connectivity index (χ0) is 28.0. The van der Waals surface area contributed by atoms with Crippen molar-refractivity contribution >= 4 is 29.3 Å². The maximum Gasteiger partial charge on any atom is 0.308 e. The van der Waals surface area contributed by atoms with Crippen molar-refractivity contribution < 1.29 is 23.9 Å². The lowest BCUT2D eigenvalue weighted by Gasteiger charge is -2.24. The molecule has 2 atom stereocenters. The van der Waals surface area contributed by atoms with Gasteiger partial charge in [-0.3, -0.25) is 19.2 Å². The molecule has 0 saturated carbocycles. The number of ether oxygens (including phenoxy) is 1. The third-order valence-electron chi connectivity index (χ3n) is 6.18. The van der Waals surface area contributed by atoms with Gasteiger partial charge in [-0.15, -0.1) is 0 Å². The maximum atomic E-state index is 13.2. The van der Waals surface area contributed by atoms with Crippen LogP contribution in [0.1, 0.15) is 85.6 Å². The average Bonchev–Trinajstić information content (AvgIpc) is 2.84. The Hall–Kier alpha value is -2.74. The van der Waals surface area contributed by atoms with E-state index in [-0.39, 0.29) is 48.4 Å². The molecule has 4 N–H and O–H groups in total. The molecule has 37 heavy (non-hydrogen) atoms. The smallest absolute Gasteiger partial charge is 0.308 e. The Morgan fingerprint density at radius 3 is 2.11 bits per heavy atom. The van der Waals surface area contributed by atoms with Crippen LogP contribution < -0.4 is 16.4 Å². The second-order valence-corrected chi connectivity index (χ2v) is 10.8. The molecule has 0 aliphatic heterocycles. The van der Waals surface area contributed by atoms with E-state index in [0.717, 1.165) is 24.8 Å². The topological polar surface area (TPSA) is 128 Å². The summed E-state index contributed by atoms with van der Waals surface area (Å²) in [6, 6.07) is 6.46. The Labute approximate surface area is 222 Å². The molecule has 8 heteroatoms. The fourth-order valence-corrected chi connectivity index (χ4v) is 3.76.